The van der Waals surface area contributed by atoms with E-state index in [4.69, 9.17) is 9.72 Å². The van der Waals surface area contributed by atoms with Gasteiger partial charge in [0.15, 0.2) is 5.78 Å². The number of Topliss-reactive ketones (excluding diaryl/α,β-unsaturated/α-hetero) is 1. The first-order chi connectivity index (χ1) is 16.1. The van der Waals surface area contributed by atoms with Crippen molar-refractivity contribution in [3.05, 3.63) is 58.8 Å². The Bertz CT molecular complexity index is 1260. The predicted molar refractivity (Wildman–Crippen MR) is 133 cm³/mol. The van der Waals surface area contributed by atoms with Gasteiger partial charge in [-0.25, -0.2) is 4.98 Å². The summed E-state index contributed by atoms with van der Waals surface area (Å²) in [5.74, 6) is 0.368. The number of ketones is 1. The van der Waals surface area contributed by atoms with Gasteiger partial charge >= 0.3 is 0 Å². The molecule has 0 saturated heterocycles. The van der Waals surface area contributed by atoms with Crippen molar-refractivity contribution in [1.29, 1.82) is 0 Å². The van der Waals surface area contributed by atoms with Crippen LogP contribution in [-0.4, -0.2) is 39.7 Å². The Balaban J connectivity index is 1.53. The van der Waals surface area contributed by atoms with Crippen molar-refractivity contribution in [2.75, 3.05) is 18.2 Å². The molecule has 1 amide bonds. The average molecular weight is 497 g/mol. The minimum Gasteiger partial charge on any atom is -0.495 e. The lowest BCUT2D eigenvalue weighted by atomic mass is 10.1. The highest BCUT2D eigenvalue weighted by atomic mass is 32.2. The molecule has 4 aromatic rings. The number of methoxy groups -OCH3 is 1. The summed E-state index contributed by atoms with van der Waals surface area (Å²) in [7, 11) is 1.52. The lowest BCUT2D eigenvalue weighted by Gasteiger charge is -2.11. The van der Waals surface area contributed by atoms with Gasteiger partial charge in [-0.2, -0.15) is 0 Å². The van der Waals surface area contributed by atoms with E-state index in [1.165, 1.54) is 18.9 Å². The highest BCUT2D eigenvalue weighted by molar-refractivity contribution is 7.99. The number of thioether (sulfide) groups is 1. The first-order valence-electron chi connectivity index (χ1n) is 10.1. The molecule has 0 atom stereocenters. The third-order valence-electron chi connectivity index (χ3n) is 4.63. The van der Waals surface area contributed by atoms with Crippen molar-refractivity contribution < 1.29 is 14.3 Å². The SMILES string of the molecule is CCC(=O)Nc1cc(C(=O)CSc2nnc(-c3cccs3)c(-c3cccs3)n2)ccc1OC. The summed E-state index contributed by atoms with van der Waals surface area (Å²) in [4.78, 5) is 31.3. The molecule has 3 heterocycles. The van der Waals surface area contributed by atoms with Crippen LogP contribution >= 0.6 is 34.4 Å². The summed E-state index contributed by atoms with van der Waals surface area (Å²) >= 11 is 4.39. The number of benzene rings is 1. The fourth-order valence-electron chi connectivity index (χ4n) is 2.97. The molecule has 0 aliphatic heterocycles. The zero-order valence-corrected chi connectivity index (χ0v) is 20.4. The van der Waals surface area contributed by atoms with Gasteiger partial charge in [0.2, 0.25) is 11.1 Å². The van der Waals surface area contributed by atoms with Gasteiger partial charge in [-0.3, -0.25) is 9.59 Å². The summed E-state index contributed by atoms with van der Waals surface area (Å²) in [6.07, 6.45) is 0.329. The Hall–Kier alpha value is -3.08. The molecule has 0 radical (unpaired) electrons. The molecule has 4 rings (SSSR count). The molecule has 1 N–H and O–H groups in total. The van der Waals surface area contributed by atoms with Gasteiger partial charge in [0.1, 0.15) is 17.1 Å². The lowest BCUT2D eigenvalue weighted by molar-refractivity contribution is -0.115. The highest BCUT2D eigenvalue weighted by Crippen LogP contribution is 2.34. The van der Waals surface area contributed by atoms with Crippen LogP contribution in [0.15, 0.2) is 58.4 Å². The van der Waals surface area contributed by atoms with Gasteiger partial charge in [-0.15, -0.1) is 32.9 Å². The zero-order chi connectivity index (χ0) is 23.2. The smallest absolute Gasteiger partial charge is 0.224 e. The van der Waals surface area contributed by atoms with E-state index < -0.39 is 0 Å². The van der Waals surface area contributed by atoms with Gasteiger partial charge in [0.05, 0.1) is 28.3 Å². The van der Waals surface area contributed by atoms with Gasteiger partial charge in [-0.05, 0) is 41.1 Å². The normalized spacial score (nSPS) is 10.7. The van der Waals surface area contributed by atoms with Crippen LogP contribution in [0.5, 0.6) is 5.75 Å². The summed E-state index contributed by atoms with van der Waals surface area (Å²) < 4.78 is 5.29. The number of hydrogen-bond acceptors (Lipinski definition) is 9. The van der Waals surface area contributed by atoms with Crippen LogP contribution in [0.25, 0.3) is 21.1 Å². The molecule has 7 nitrogen and oxygen atoms in total. The van der Waals surface area contributed by atoms with Crippen LogP contribution in [0.4, 0.5) is 5.69 Å². The first-order valence-corrected chi connectivity index (χ1v) is 12.8. The van der Waals surface area contributed by atoms with Crippen LogP contribution in [0, 0.1) is 0 Å². The molecular weight excluding hydrogens is 476 g/mol. The number of thiophene rings is 2. The lowest BCUT2D eigenvalue weighted by Crippen LogP contribution is -2.12. The molecule has 3 aromatic heterocycles. The minimum atomic E-state index is -0.154. The summed E-state index contributed by atoms with van der Waals surface area (Å²) in [5, 5.41) is 15.8. The van der Waals surface area contributed by atoms with E-state index in [1.807, 2.05) is 35.0 Å². The molecule has 0 bridgehead atoms. The standard InChI is InChI=1S/C23H20N4O3S3/c1-3-20(29)24-15-12-14(8-9-17(15)30-2)16(28)13-33-23-25-21(18-6-4-10-31-18)22(26-27-23)19-7-5-11-32-19/h4-12H,3,13H2,1-2H3,(H,24,29). The van der Waals surface area contributed by atoms with Crippen LogP contribution < -0.4 is 10.1 Å². The zero-order valence-electron chi connectivity index (χ0n) is 17.9. The van der Waals surface area contributed by atoms with E-state index in [2.05, 4.69) is 15.5 Å². The number of anilines is 1. The molecule has 0 unspecified atom stereocenters. The van der Waals surface area contributed by atoms with Gasteiger partial charge in [0, 0.05) is 12.0 Å². The van der Waals surface area contributed by atoms with Crippen LogP contribution in [-0.2, 0) is 4.79 Å². The number of carbonyl (C=O) groups is 2. The molecule has 0 spiro atoms. The molecule has 10 heteroatoms. The number of hydrogen-bond donors (Lipinski definition) is 1. The first kappa shape index (κ1) is 23.1. The third-order valence-corrected chi connectivity index (χ3v) is 7.22. The molecule has 168 valence electrons. The van der Waals surface area contributed by atoms with E-state index in [1.54, 1.807) is 47.8 Å². The van der Waals surface area contributed by atoms with Crippen LogP contribution in [0.3, 0.4) is 0 Å². The van der Waals surface area contributed by atoms with E-state index in [0.717, 1.165) is 21.1 Å². The highest BCUT2D eigenvalue weighted by Gasteiger charge is 2.17. The quantitative estimate of drug-likeness (QED) is 0.236. The summed E-state index contributed by atoms with van der Waals surface area (Å²) in [6.45, 7) is 1.76. The Labute approximate surface area is 203 Å². The average Bonchev–Trinajstić information content (AvgIpc) is 3.57. The van der Waals surface area contributed by atoms with E-state index in [-0.39, 0.29) is 17.4 Å². The van der Waals surface area contributed by atoms with Crippen molar-refractivity contribution in [3.8, 4) is 26.9 Å². The molecule has 0 saturated carbocycles. The molecule has 0 fully saturated rings. The molecule has 33 heavy (non-hydrogen) atoms. The number of ether oxygens (including phenoxy) is 1. The maximum atomic E-state index is 12.8. The number of nitrogens with one attached hydrogen (secondary N) is 1. The second kappa shape index (κ2) is 10.7. The molecule has 0 aliphatic carbocycles. The fraction of sp³-hybridized carbons (Fsp3) is 0.174. The van der Waals surface area contributed by atoms with Gasteiger partial charge in [0.25, 0.3) is 0 Å². The minimum absolute atomic E-state index is 0.113. The predicted octanol–water partition coefficient (Wildman–Crippen LogP) is 5.66. The van der Waals surface area contributed by atoms with Gasteiger partial charge < -0.3 is 10.1 Å². The number of amides is 1. The second-order valence-corrected chi connectivity index (χ2v) is 9.61. The molecular formula is C23H20N4O3S3. The number of aromatic nitrogens is 3. The molecule has 0 aliphatic rings. The van der Waals surface area contributed by atoms with E-state index >= 15 is 0 Å². The van der Waals surface area contributed by atoms with Crippen molar-refractivity contribution in [1.82, 2.24) is 15.2 Å². The summed E-state index contributed by atoms with van der Waals surface area (Å²) in [5.41, 5.74) is 2.43. The van der Waals surface area contributed by atoms with Crippen LogP contribution in [0.1, 0.15) is 23.7 Å². The maximum absolute atomic E-state index is 12.8. The fourth-order valence-corrected chi connectivity index (χ4v) is 5.07. The third kappa shape index (κ3) is 5.47. The topological polar surface area (TPSA) is 94.1 Å². The number of rotatable bonds is 9. The van der Waals surface area contributed by atoms with Crippen LogP contribution in [0.2, 0.25) is 0 Å². The number of nitrogens with zero attached hydrogens (tertiary/aromatic N) is 3. The Morgan fingerprint density at radius 3 is 2.39 bits per heavy atom. The second-order valence-electron chi connectivity index (χ2n) is 6.77. The van der Waals surface area contributed by atoms with E-state index in [9.17, 15) is 9.59 Å². The largest absolute Gasteiger partial charge is 0.495 e. The van der Waals surface area contributed by atoms with Gasteiger partial charge in [-0.1, -0.05) is 30.8 Å². The maximum Gasteiger partial charge on any atom is 0.224 e. The Kier molecular flexibility index (Phi) is 7.48. The van der Waals surface area contributed by atoms with E-state index in [0.29, 0.717) is 28.6 Å². The molecule has 1 aromatic carbocycles. The Morgan fingerprint density at radius 2 is 1.76 bits per heavy atom. The number of carbonyl (C=O) groups excluding carboxylic acids is 2. The van der Waals surface area contributed by atoms with Crippen molar-refractivity contribution in [2.45, 2.75) is 18.5 Å². The van der Waals surface area contributed by atoms with Crippen molar-refractivity contribution in [2.24, 2.45) is 0 Å². The summed E-state index contributed by atoms with van der Waals surface area (Å²) in [6, 6.07) is 12.9. The van der Waals surface area contributed by atoms with Crippen molar-refractivity contribution >= 4 is 51.8 Å². The van der Waals surface area contributed by atoms with Crippen molar-refractivity contribution in [3.63, 3.8) is 0 Å². The monoisotopic (exact) mass is 496 g/mol. The Morgan fingerprint density at radius 1 is 1.03 bits per heavy atom.